The highest BCUT2D eigenvalue weighted by atomic mass is 35.5. The molecule has 0 bridgehead atoms. The van der Waals surface area contributed by atoms with Gasteiger partial charge >= 0.3 is 0 Å². The summed E-state index contributed by atoms with van der Waals surface area (Å²) in [5.41, 5.74) is 10.9. The smallest absolute Gasteiger partial charge is 0.191 e. The van der Waals surface area contributed by atoms with Crippen LogP contribution in [0.25, 0.3) is 0 Å². The zero-order valence-corrected chi connectivity index (χ0v) is 6.42. The molecule has 0 aliphatic heterocycles. The second-order valence-corrected chi connectivity index (χ2v) is 2.26. The minimum absolute atomic E-state index is 0.00673. The lowest BCUT2D eigenvalue weighted by Crippen LogP contribution is -2.21. The number of nitrogens with zero attached hydrogens (tertiary/aromatic N) is 2. The van der Waals surface area contributed by atoms with Gasteiger partial charge in [-0.05, 0) is 6.07 Å². The summed E-state index contributed by atoms with van der Waals surface area (Å²) in [6.07, 6.45) is 1.53. The third-order valence-electron chi connectivity index (χ3n) is 0.968. The molecule has 11 heavy (non-hydrogen) atoms. The third-order valence-corrected chi connectivity index (χ3v) is 1.18. The fourth-order valence-electron chi connectivity index (χ4n) is 0.611. The van der Waals surface area contributed by atoms with Crippen LogP contribution in [0.5, 0.6) is 0 Å². The Kier molecular flexibility index (Phi) is 2.28. The molecule has 5 heteroatoms. The molecule has 0 aliphatic rings. The van der Waals surface area contributed by atoms with E-state index in [4.69, 9.17) is 23.1 Å². The van der Waals surface area contributed by atoms with Crippen LogP contribution in [0, 0.1) is 0 Å². The number of hydrogen-bond donors (Lipinski definition) is 2. The van der Waals surface area contributed by atoms with E-state index in [0.29, 0.717) is 10.8 Å². The van der Waals surface area contributed by atoms with Gasteiger partial charge < -0.3 is 11.5 Å². The number of rotatable bonds is 1. The Bertz CT molecular complexity index is 280. The van der Waals surface area contributed by atoms with Crippen molar-refractivity contribution >= 4 is 23.2 Å². The van der Waals surface area contributed by atoms with Gasteiger partial charge in [-0.15, -0.1) is 0 Å². The predicted molar refractivity (Wildman–Crippen MR) is 44.7 cm³/mol. The lowest BCUT2D eigenvalue weighted by atomic mass is 10.4. The Morgan fingerprint density at radius 3 is 2.82 bits per heavy atom. The SMILES string of the molecule is NC(N)=Nc1ccnc(Cl)c1. The lowest BCUT2D eigenvalue weighted by molar-refractivity contribution is 1.30. The summed E-state index contributed by atoms with van der Waals surface area (Å²) in [5.74, 6) is 0.00673. The Morgan fingerprint density at radius 1 is 1.55 bits per heavy atom. The van der Waals surface area contributed by atoms with E-state index in [2.05, 4.69) is 9.98 Å². The minimum Gasteiger partial charge on any atom is -0.370 e. The largest absolute Gasteiger partial charge is 0.370 e. The van der Waals surface area contributed by atoms with E-state index in [0.717, 1.165) is 0 Å². The van der Waals surface area contributed by atoms with Gasteiger partial charge in [0.05, 0.1) is 5.69 Å². The maximum atomic E-state index is 5.57. The molecular weight excluding hydrogens is 164 g/mol. The third kappa shape index (κ3) is 2.43. The summed E-state index contributed by atoms with van der Waals surface area (Å²) < 4.78 is 0. The van der Waals surface area contributed by atoms with Gasteiger partial charge in [0.2, 0.25) is 0 Å². The highest BCUT2D eigenvalue weighted by Gasteiger charge is 1.91. The van der Waals surface area contributed by atoms with E-state index in [9.17, 15) is 0 Å². The number of pyridine rings is 1. The Balaban J connectivity index is 2.97. The number of aromatic nitrogens is 1. The van der Waals surface area contributed by atoms with Gasteiger partial charge in [0.25, 0.3) is 0 Å². The first-order valence-electron chi connectivity index (χ1n) is 2.89. The molecule has 0 radical (unpaired) electrons. The second kappa shape index (κ2) is 3.21. The summed E-state index contributed by atoms with van der Waals surface area (Å²) in [6, 6.07) is 3.23. The van der Waals surface area contributed by atoms with Crippen molar-refractivity contribution < 1.29 is 0 Å². The van der Waals surface area contributed by atoms with Gasteiger partial charge in [0, 0.05) is 12.3 Å². The highest BCUT2D eigenvalue weighted by Crippen LogP contribution is 2.14. The molecule has 0 aliphatic carbocycles. The zero-order chi connectivity index (χ0) is 8.27. The quantitative estimate of drug-likeness (QED) is 0.369. The molecular formula is C6H7ClN4. The van der Waals surface area contributed by atoms with Gasteiger partial charge in [-0.2, -0.15) is 0 Å². The maximum Gasteiger partial charge on any atom is 0.191 e. The minimum atomic E-state index is 0.00673. The molecule has 4 nitrogen and oxygen atoms in total. The van der Waals surface area contributed by atoms with Crippen LogP contribution >= 0.6 is 11.6 Å². The lowest BCUT2D eigenvalue weighted by Gasteiger charge is -1.93. The van der Waals surface area contributed by atoms with Gasteiger partial charge in [0.15, 0.2) is 5.96 Å². The predicted octanol–water partition coefficient (Wildman–Crippen LogP) is 0.640. The van der Waals surface area contributed by atoms with Crippen molar-refractivity contribution in [3.8, 4) is 0 Å². The number of aliphatic imine (C=N–C) groups is 1. The molecule has 1 rings (SSSR count). The van der Waals surface area contributed by atoms with E-state index in [1.165, 1.54) is 6.20 Å². The first-order chi connectivity index (χ1) is 5.18. The summed E-state index contributed by atoms with van der Waals surface area (Å²) in [7, 11) is 0. The van der Waals surface area contributed by atoms with Crippen LogP contribution in [0.15, 0.2) is 23.3 Å². The van der Waals surface area contributed by atoms with Crippen molar-refractivity contribution in [3.63, 3.8) is 0 Å². The van der Waals surface area contributed by atoms with E-state index < -0.39 is 0 Å². The average Bonchev–Trinajstić information content (AvgIpc) is 1.85. The molecule has 0 aromatic carbocycles. The molecule has 0 saturated carbocycles. The molecule has 0 unspecified atom stereocenters. The number of halogens is 1. The molecule has 0 amide bonds. The number of hydrogen-bond acceptors (Lipinski definition) is 2. The normalized spacial score (nSPS) is 9.18. The van der Waals surface area contributed by atoms with E-state index >= 15 is 0 Å². The first kappa shape index (κ1) is 7.81. The molecule has 0 spiro atoms. The molecule has 58 valence electrons. The van der Waals surface area contributed by atoms with Gasteiger partial charge in [-0.25, -0.2) is 9.98 Å². The Labute approximate surface area is 68.9 Å². The number of guanidine groups is 1. The van der Waals surface area contributed by atoms with Crippen molar-refractivity contribution in [2.24, 2.45) is 16.5 Å². The number of nitrogens with two attached hydrogens (primary N) is 2. The molecule has 0 saturated heterocycles. The Morgan fingerprint density at radius 2 is 2.27 bits per heavy atom. The highest BCUT2D eigenvalue weighted by molar-refractivity contribution is 6.29. The van der Waals surface area contributed by atoms with E-state index in [1.807, 2.05) is 0 Å². The average molecular weight is 171 g/mol. The van der Waals surface area contributed by atoms with Gasteiger partial charge in [0.1, 0.15) is 5.15 Å². The molecule has 0 fully saturated rings. The standard InChI is InChI=1S/C6H7ClN4/c7-5-3-4(1-2-10-5)11-6(8)9/h1-3H,(H4,8,9,10,11). The molecule has 1 aromatic heterocycles. The van der Waals surface area contributed by atoms with Gasteiger partial charge in [-0.1, -0.05) is 11.6 Å². The topological polar surface area (TPSA) is 77.3 Å². The molecule has 0 atom stereocenters. The zero-order valence-electron chi connectivity index (χ0n) is 5.66. The van der Waals surface area contributed by atoms with E-state index in [-0.39, 0.29) is 5.96 Å². The van der Waals surface area contributed by atoms with E-state index in [1.54, 1.807) is 12.1 Å². The van der Waals surface area contributed by atoms with Crippen LogP contribution in [0.4, 0.5) is 5.69 Å². The van der Waals surface area contributed by atoms with Crippen molar-refractivity contribution in [1.82, 2.24) is 4.98 Å². The summed E-state index contributed by atoms with van der Waals surface area (Å²) in [6.45, 7) is 0. The van der Waals surface area contributed by atoms with Crippen molar-refractivity contribution in [2.75, 3.05) is 0 Å². The second-order valence-electron chi connectivity index (χ2n) is 1.87. The monoisotopic (exact) mass is 170 g/mol. The van der Waals surface area contributed by atoms with Crippen LogP contribution in [0.2, 0.25) is 5.15 Å². The van der Waals surface area contributed by atoms with Crippen LogP contribution in [0.3, 0.4) is 0 Å². The summed E-state index contributed by atoms with van der Waals surface area (Å²) in [4.78, 5) is 7.53. The van der Waals surface area contributed by atoms with Crippen LogP contribution in [-0.2, 0) is 0 Å². The van der Waals surface area contributed by atoms with Crippen LogP contribution < -0.4 is 11.5 Å². The van der Waals surface area contributed by atoms with Crippen molar-refractivity contribution in [3.05, 3.63) is 23.5 Å². The molecule has 4 N–H and O–H groups in total. The maximum absolute atomic E-state index is 5.57. The van der Waals surface area contributed by atoms with Crippen molar-refractivity contribution in [2.45, 2.75) is 0 Å². The first-order valence-corrected chi connectivity index (χ1v) is 3.27. The van der Waals surface area contributed by atoms with Gasteiger partial charge in [-0.3, -0.25) is 0 Å². The molecule has 1 heterocycles. The van der Waals surface area contributed by atoms with Crippen molar-refractivity contribution in [1.29, 1.82) is 0 Å². The van der Waals surface area contributed by atoms with Crippen LogP contribution in [0.1, 0.15) is 0 Å². The summed E-state index contributed by atoms with van der Waals surface area (Å²) >= 11 is 5.57. The van der Waals surface area contributed by atoms with Crippen LogP contribution in [-0.4, -0.2) is 10.9 Å². The fourth-order valence-corrected chi connectivity index (χ4v) is 0.779. The molecule has 1 aromatic rings. The Hall–Kier alpha value is -1.29. The summed E-state index contributed by atoms with van der Waals surface area (Å²) in [5, 5.41) is 0.368. The fraction of sp³-hybridized carbons (Fsp3) is 0.